The highest BCUT2D eigenvalue weighted by molar-refractivity contribution is 5.88. The number of nitrogens with zero attached hydrogens (tertiary/aromatic N) is 1. The van der Waals surface area contributed by atoms with Gasteiger partial charge >= 0.3 is 0 Å². The SMILES string of the molecule is Cc1cc(N(c2ccc(-c3ccc(-c4ccccc4)cc3)cc2)c2ccc(-c3c4c(cc5c3C3CCC5CC3)C3CCC4CC3)cc2)cc(C2(c3ccccc3)c3ccccc3-c3ccccc32)c1. The summed E-state index contributed by atoms with van der Waals surface area (Å²) in [6.45, 7) is 2.28. The lowest BCUT2D eigenvalue weighted by Crippen LogP contribution is -2.29. The van der Waals surface area contributed by atoms with Gasteiger partial charge in [0.1, 0.15) is 0 Å². The number of rotatable bonds is 8. The van der Waals surface area contributed by atoms with Crippen molar-refractivity contribution >= 4 is 17.1 Å². The summed E-state index contributed by atoms with van der Waals surface area (Å²) >= 11 is 0. The molecule has 0 radical (unpaired) electrons. The van der Waals surface area contributed by atoms with E-state index in [1.807, 2.05) is 0 Å². The van der Waals surface area contributed by atoms with Crippen LogP contribution in [0.4, 0.5) is 17.1 Å². The molecule has 0 N–H and O–H groups in total. The van der Waals surface area contributed by atoms with Gasteiger partial charge in [0.25, 0.3) is 0 Å². The Kier molecular flexibility index (Phi) is 9.58. The Balaban J connectivity index is 0.935. The molecular formula is C68H57N. The highest BCUT2D eigenvalue weighted by Gasteiger charge is 2.46. The van der Waals surface area contributed by atoms with Crippen LogP contribution < -0.4 is 4.90 Å². The molecule has 7 aliphatic rings. The molecule has 0 amide bonds. The van der Waals surface area contributed by atoms with E-state index in [-0.39, 0.29) is 0 Å². The van der Waals surface area contributed by atoms with E-state index in [4.69, 9.17) is 0 Å². The Morgan fingerprint density at radius 3 is 1.29 bits per heavy atom. The molecule has 9 aromatic rings. The van der Waals surface area contributed by atoms with Gasteiger partial charge in [-0.2, -0.15) is 0 Å². The fourth-order valence-corrected chi connectivity index (χ4v) is 14.3. The first-order valence-electron chi connectivity index (χ1n) is 25.8. The fourth-order valence-electron chi connectivity index (χ4n) is 14.3. The van der Waals surface area contributed by atoms with Crippen LogP contribution in [0.25, 0.3) is 44.5 Å². The molecule has 2 saturated carbocycles. The number of fused-ring (bicyclic) bond motifs is 7. The van der Waals surface area contributed by atoms with Crippen LogP contribution in [-0.4, -0.2) is 0 Å². The molecule has 0 unspecified atom stereocenters. The number of aryl methyl sites for hydroxylation is 1. The second-order valence-corrected chi connectivity index (χ2v) is 21.0. The van der Waals surface area contributed by atoms with Crippen molar-refractivity contribution in [3.63, 3.8) is 0 Å². The number of hydrogen-bond acceptors (Lipinski definition) is 1. The van der Waals surface area contributed by atoms with Crippen molar-refractivity contribution < 1.29 is 0 Å². The summed E-state index contributed by atoms with van der Waals surface area (Å²) in [6, 6.07) is 78.4. The minimum atomic E-state index is -0.495. The molecule has 1 nitrogen and oxygen atoms in total. The lowest BCUT2D eigenvalue weighted by molar-refractivity contribution is 0.342. The highest BCUT2D eigenvalue weighted by atomic mass is 15.1. The first-order chi connectivity index (χ1) is 34.1. The van der Waals surface area contributed by atoms with Crippen molar-refractivity contribution in [2.24, 2.45) is 0 Å². The molecule has 0 aliphatic heterocycles. The van der Waals surface area contributed by atoms with Gasteiger partial charge in [-0.3, -0.25) is 0 Å². The van der Waals surface area contributed by atoms with Crippen LogP contribution in [0.15, 0.2) is 206 Å². The van der Waals surface area contributed by atoms with Gasteiger partial charge in [-0.25, -0.2) is 0 Å². The van der Waals surface area contributed by atoms with E-state index in [2.05, 4.69) is 218 Å². The van der Waals surface area contributed by atoms with Gasteiger partial charge in [-0.05, 0) is 213 Å². The second-order valence-electron chi connectivity index (χ2n) is 21.0. The van der Waals surface area contributed by atoms with E-state index in [0.717, 1.165) is 17.5 Å². The largest absolute Gasteiger partial charge is 0.310 e. The third-order valence-electron chi connectivity index (χ3n) is 17.4. The molecule has 0 heterocycles. The van der Waals surface area contributed by atoms with Crippen LogP contribution in [0, 0.1) is 6.92 Å². The van der Waals surface area contributed by atoms with Gasteiger partial charge in [-0.15, -0.1) is 0 Å². The molecular weight excluding hydrogens is 831 g/mol. The topological polar surface area (TPSA) is 3.24 Å². The number of hydrogen-bond donors (Lipinski definition) is 0. The summed E-state index contributed by atoms with van der Waals surface area (Å²) < 4.78 is 0. The van der Waals surface area contributed by atoms with Gasteiger partial charge in [-0.1, -0.05) is 170 Å². The molecule has 16 rings (SSSR count). The normalized spacial score (nSPS) is 19.9. The lowest BCUT2D eigenvalue weighted by Gasteiger charge is -2.46. The summed E-state index contributed by atoms with van der Waals surface area (Å²) in [7, 11) is 0. The number of benzene rings is 9. The molecule has 0 aromatic heterocycles. The maximum Gasteiger partial charge on any atom is 0.0714 e. The second kappa shape index (κ2) is 16.2. The fraction of sp³-hybridized carbons (Fsp3) is 0.206. The third-order valence-corrected chi connectivity index (χ3v) is 17.4. The molecule has 7 aliphatic carbocycles. The Morgan fingerprint density at radius 2 is 0.768 bits per heavy atom. The molecule has 0 saturated heterocycles. The first kappa shape index (κ1) is 40.8. The summed E-state index contributed by atoms with van der Waals surface area (Å²) in [6.07, 6.45) is 10.9. The predicted molar refractivity (Wildman–Crippen MR) is 287 cm³/mol. The number of anilines is 3. The molecule has 334 valence electrons. The quantitative estimate of drug-likeness (QED) is 0.147. The standard InChI is InChI=1S/C68H57N/c1-44-40-55(68(54-14-6-3-7-15-54)63-18-10-8-16-59(63)60-17-9-11-19-64(60)68)42-58(41-44)69(56-36-32-48(33-37-56)47-22-20-46(21-23-47)45-12-4-2-5-13-45)57-38-34-53(35-39-57)67-65-51-28-24-49(25-29-51)61(65)43-62-50-26-30-52(31-27-50)66(62)67/h2-23,32-43,49-52H,24-31H2,1H3. The first-order valence-corrected chi connectivity index (χ1v) is 25.8. The van der Waals surface area contributed by atoms with Gasteiger partial charge in [0.2, 0.25) is 0 Å². The third kappa shape index (κ3) is 6.43. The Labute approximate surface area is 408 Å². The van der Waals surface area contributed by atoms with Crippen LogP contribution in [0.3, 0.4) is 0 Å². The molecule has 4 bridgehead atoms. The molecule has 9 aromatic carbocycles. The monoisotopic (exact) mass is 887 g/mol. The van der Waals surface area contributed by atoms with E-state index < -0.39 is 5.41 Å². The van der Waals surface area contributed by atoms with Crippen LogP contribution in [-0.2, 0) is 5.41 Å². The van der Waals surface area contributed by atoms with Crippen molar-refractivity contribution in [1.82, 2.24) is 0 Å². The average molecular weight is 888 g/mol. The lowest BCUT2D eigenvalue weighted by atomic mass is 9.59. The van der Waals surface area contributed by atoms with E-state index in [1.165, 1.54) is 130 Å². The van der Waals surface area contributed by atoms with E-state index >= 15 is 0 Å². The van der Waals surface area contributed by atoms with Crippen molar-refractivity contribution in [2.45, 2.75) is 87.4 Å². The Bertz CT molecular complexity index is 3290. The smallest absolute Gasteiger partial charge is 0.0714 e. The summed E-state index contributed by atoms with van der Waals surface area (Å²) in [5.74, 6) is 2.87. The predicted octanol–water partition coefficient (Wildman–Crippen LogP) is 18.3. The molecule has 2 fully saturated rings. The average Bonchev–Trinajstić information content (AvgIpc) is 3.73. The zero-order valence-corrected chi connectivity index (χ0v) is 39.5. The molecule has 0 spiro atoms. The van der Waals surface area contributed by atoms with Crippen molar-refractivity contribution in [3.8, 4) is 44.5 Å². The zero-order valence-electron chi connectivity index (χ0n) is 39.5. The van der Waals surface area contributed by atoms with E-state index in [1.54, 1.807) is 27.8 Å². The minimum absolute atomic E-state index is 0.495. The zero-order chi connectivity index (χ0) is 45.6. The van der Waals surface area contributed by atoms with Gasteiger partial charge < -0.3 is 4.90 Å². The van der Waals surface area contributed by atoms with Gasteiger partial charge in [0.05, 0.1) is 5.41 Å². The van der Waals surface area contributed by atoms with E-state index in [9.17, 15) is 0 Å². The Hall–Kier alpha value is -7.22. The van der Waals surface area contributed by atoms with Crippen molar-refractivity contribution in [1.29, 1.82) is 0 Å². The summed E-state index contributed by atoms with van der Waals surface area (Å²) in [4.78, 5) is 2.52. The summed E-state index contributed by atoms with van der Waals surface area (Å²) in [5, 5.41) is 0. The molecule has 69 heavy (non-hydrogen) atoms. The maximum atomic E-state index is 2.75. The van der Waals surface area contributed by atoms with Crippen molar-refractivity contribution in [2.75, 3.05) is 4.90 Å². The van der Waals surface area contributed by atoms with Crippen LogP contribution in [0.5, 0.6) is 0 Å². The highest BCUT2D eigenvalue weighted by Crippen LogP contribution is 2.61. The van der Waals surface area contributed by atoms with Crippen molar-refractivity contribution in [3.05, 3.63) is 256 Å². The van der Waals surface area contributed by atoms with Crippen LogP contribution >= 0.6 is 0 Å². The van der Waals surface area contributed by atoms with Gasteiger partial charge in [0.15, 0.2) is 0 Å². The molecule has 0 atom stereocenters. The van der Waals surface area contributed by atoms with Crippen LogP contribution in [0.2, 0.25) is 0 Å². The van der Waals surface area contributed by atoms with E-state index in [0.29, 0.717) is 11.8 Å². The Morgan fingerprint density at radius 1 is 0.348 bits per heavy atom. The molecule has 1 heteroatoms. The van der Waals surface area contributed by atoms with Gasteiger partial charge in [0, 0.05) is 17.1 Å². The maximum absolute atomic E-state index is 2.75. The minimum Gasteiger partial charge on any atom is -0.310 e. The summed E-state index contributed by atoms with van der Waals surface area (Å²) in [5.41, 5.74) is 27.0. The van der Waals surface area contributed by atoms with Crippen LogP contribution in [0.1, 0.15) is 125 Å².